The molecule has 0 amide bonds. The van der Waals surface area contributed by atoms with E-state index in [0.29, 0.717) is 18.6 Å². The highest BCUT2D eigenvalue weighted by Crippen LogP contribution is 2.30. The van der Waals surface area contributed by atoms with E-state index < -0.39 is 0 Å². The van der Waals surface area contributed by atoms with Gasteiger partial charge in [-0.3, -0.25) is 0 Å². The molecule has 4 heteroatoms. The lowest BCUT2D eigenvalue weighted by Crippen LogP contribution is -2.42. The third kappa shape index (κ3) is 3.70. The van der Waals surface area contributed by atoms with Gasteiger partial charge in [-0.15, -0.1) is 0 Å². The number of nitrogens with zero attached hydrogens (tertiary/aromatic N) is 2. The molecule has 0 saturated heterocycles. The molecule has 1 fully saturated rings. The van der Waals surface area contributed by atoms with Gasteiger partial charge in [0, 0.05) is 31.4 Å². The Kier molecular flexibility index (Phi) is 5.38. The van der Waals surface area contributed by atoms with Gasteiger partial charge in [-0.05, 0) is 43.4 Å². The molecule has 1 aliphatic carbocycles. The van der Waals surface area contributed by atoms with Crippen molar-refractivity contribution in [1.82, 2.24) is 10.3 Å². The van der Waals surface area contributed by atoms with Gasteiger partial charge in [-0.25, -0.2) is 4.98 Å². The van der Waals surface area contributed by atoms with E-state index in [2.05, 4.69) is 42.0 Å². The van der Waals surface area contributed by atoms with E-state index in [1.165, 1.54) is 30.4 Å². The van der Waals surface area contributed by atoms with Crippen LogP contribution in [-0.4, -0.2) is 35.3 Å². The third-order valence-corrected chi connectivity index (χ3v) is 3.95. The first-order chi connectivity index (χ1) is 9.61. The number of aromatic nitrogens is 1. The van der Waals surface area contributed by atoms with E-state index >= 15 is 0 Å². The van der Waals surface area contributed by atoms with Crippen LogP contribution in [0.25, 0.3) is 0 Å². The zero-order valence-electron chi connectivity index (χ0n) is 12.9. The fourth-order valence-corrected chi connectivity index (χ4v) is 2.61. The Hall–Kier alpha value is -1.13. The van der Waals surface area contributed by atoms with Crippen LogP contribution in [0.15, 0.2) is 12.3 Å². The summed E-state index contributed by atoms with van der Waals surface area (Å²) in [5, 5.41) is 12.7. The average Bonchev–Trinajstić information content (AvgIpc) is 2.34. The molecule has 0 aromatic carbocycles. The molecule has 1 saturated carbocycles. The van der Waals surface area contributed by atoms with Crippen molar-refractivity contribution in [2.45, 2.75) is 58.7 Å². The number of nitrogens with one attached hydrogen (secondary N) is 1. The SMILES string of the molecule is Cc1cc(CNC(C)C)cnc1N(CCO)C1CCC1. The average molecular weight is 277 g/mol. The molecule has 2 N–H and O–H groups in total. The number of aryl methyl sites for hydroxylation is 1. The zero-order valence-corrected chi connectivity index (χ0v) is 12.9. The lowest BCUT2D eigenvalue weighted by molar-refractivity contribution is 0.283. The molecule has 0 radical (unpaired) electrons. The summed E-state index contributed by atoms with van der Waals surface area (Å²) < 4.78 is 0. The van der Waals surface area contributed by atoms with Crippen molar-refractivity contribution in [2.75, 3.05) is 18.1 Å². The predicted octanol–water partition coefficient (Wildman–Crippen LogP) is 2.24. The number of anilines is 1. The second-order valence-corrected chi connectivity index (χ2v) is 6.02. The van der Waals surface area contributed by atoms with E-state index in [4.69, 9.17) is 0 Å². The Bertz CT molecular complexity index is 430. The quantitative estimate of drug-likeness (QED) is 0.802. The number of pyridine rings is 1. The first-order valence-electron chi connectivity index (χ1n) is 7.68. The first-order valence-corrected chi connectivity index (χ1v) is 7.68. The van der Waals surface area contributed by atoms with Crippen molar-refractivity contribution in [2.24, 2.45) is 0 Å². The van der Waals surface area contributed by atoms with E-state index in [-0.39, 0.29) is 6.61 Å². The smallest absolute Gasteiger partial charge is 0.131 e. The molecule has 4 nitrogen and oxygen atoms in total. The second-order valence-electron chi connectivity index (χ2n) is 6.02. The van der Waals surface area contributed by atoms with Gasteiger partial charge in [0.1, 0.15) is 5.82 Å². The number of hydrogen-bond acceptors (Lipinski definition) is 4. The Morgan fingerprint density at radius 3 is 2.70 bits per heavy atom. The maximum Gasteiger partial charge on any atom is 0.131 e. The first kappa shape index (κ1) is 15.3. The van der Waals surface area contributed by atoms with Crippen LogP contribution in [0.3, 0.4) is 0 Å². The van der Waals surface area contributed by atoms with Crippen molar-refractivity contribution in [3.8, 4) is 0 Å². The minimum absolute atomic E-state index is 0.189. The van der Waals surface area contributed by atoms with Crippen molar-refractivity contribution >= 4 is 5.82 Å². The van der Waals surface area contributed by atoms with Crippen molar-refractivity contribution in [3.05, 3.63) is 23.4 Å². The molecule has 2 rings (SSSR count). The number of rotatable bonds is 7. The molecule has 1 aromatic heterocycles. The third-order valence-electron chi connectivity index (χ3n) is 3.95. The summed E-state index contributed by atoms with van der Waals surface area (Å²) in [5.41, 5.74) is 2.42. The summed E-state index contributed by atoms with van der Waals surface area (Å²) in [4.78, 5) is 6.93. The van der Waals surface area contributed by atoms with Crippen LogP contribution >= 0.6 is 0 Å². The standard InChI is InChI=1S/C16H27N3O/c1-12(2)17-10-14-9-13(3)16(18-11-14)19(7-8-20)15-5-4-6-15/h9,11-12,15,17,20H,4-8,10H2,1-3H3. The molecule has 20 heavy (non-hydrogen) atoms. The van der Waals surface area contributed by atoms with Crippen LogP contribution in [0.2, 0.25) is 0 Å². The summed E-state index contributed by atoms with van der Waals surface area (Å²) in [6.07, 6.45) is 5.69. The fraction of sp³-hybridized carbons (Fsp3) is 0.688. The summed E-state index contributed by atoms with van der Waals surface area (Å²) in [6, 6.07) is 3.25. The molecule has 1 aliphatic rings. The predicted molar refractivity (Wildman–Crippen MR) is 83.0 cm³/mol. The maximum atomic E-state index is 9.28. The van der Waals surface area contributed by atoms with Gasteiger partial charge in [-0.1, -0.05) is 13.8 Å². The van der Waals surface area contributed by atoms with Crippen LogP contribution < -0.4 is 10.2 Å². The molecular weight excluding hydrogens is 250 g/mol. The zero-order chi connectivity index (χ0) is 14.5. The van der Waals surface area contributed by atoms with Crippen LogP contribution in [0.5, 0.6) is 0 Å². The highest BCUT2D eigenvalue weighted by molar-refractivity contribution is 5.48. The molecule has 112 valence electrons. The van der Waals surface area contributed by atoms with Gasteiger partial charge < -0.3 is 15.3 Å². The number of aliphatic hydroxyl groups is 1. The molecular formula is C16H27N3O. The summed E-state index contributed by atoms with van der Waals surface area (Å²) >= 11 is 0. The van der Waals surface area contributed by atoms with Crippen LogP contribution in [-0.2, 0) is 6.54 Å². The summed E-state index contributed by atoms with van der Waals surface area (Å²) in [5.74, 6) is 1.04. The fourth-order valence-electron chi connectivity index (χ4n) is 2.61. The van der Waals surface area contributed by atoms with E-state index in [0.717, 1.165) is 12.4 Å². The van der Waals surface area contributed by atoms with E-state index in [1.54, 1.807) is 0 Å². The Balaban J connectivity index is 2.10. The molecule has 0 atom stereocenters. The van der Waals surface area contributed by atoms with E-state index in [9.17, 15) is 5.11 Å². The number of hydrogen-bond donors (Lipinski definition) is 2. The summed E-state index contributed by atoms with van der Waals surface area (Å²) in [7, 11) is 0. The van der Waals surface area contributed by atoms with Gasteiger partial charge in [0.15, 0.2) is 0 Å². The molecule has 1 heterocycles. The highest BCUT2D eigenvalue weighted by atomic mass is 16.3. The van der Waals surface area contributed by atoms with Gasteiger partial charge in [-0.2, -0.15) is 0 Å². The van der Waals surface area contributed by atoms with Gasteiger partial charge >= 0.3 is 0 Å². The monoisotopic (exact) mass is 277 g/mol. The molecule has 1 aromatic rings. The lowest BCUT2D eigenvalue weighted by Gasteiger charge is -2.38. The maximum absolute atomic E-state index is 9.28. The molecule has 0 spiro atoms. The Morgan fingerprint density at radius 1 is 1.45 bits per heavy atom. The van der Waals surface area contributed by atoms with Crippen molar-refractivity contribution in [3.63, 3.8) is 0 Å². The minimum Gasteiger partial charge on any atom is -0.395 e. The summed E-state index contributed by atoms with van der Waals surface area (Å²) in [6.45, 7) is 8.14. The van der Waals surface area contributed by atoms with Gasteiger partial charge in [0.2, 0.25) is 0 Å². The van der Waals surface area contributed by atoms with Gasteiger partial charge in [0.05, 0.1) is 6.61 Å². The normalized spacial score (nSPS) is 15.4. The van der Waals surface area contributed by atoms with Crippen molar-refractivity contribution in [1.29, 1.82) is 0 Å². The highest BCUT2D eigenvalue weighted by Gasteiger charge is 2.26. The van der Waals surface area contributed by atoms with Crippen LogP contribution in [0.4, 0.5) is 5.82 Å². The second kappa shape index (κ2) is 7.04. The number of aliphatic hydroxyl groups excluding tert-OH is 1. The molecule has 0 unspecified atom stereocenters. The lowest BCUT2D eigenvalue weighted by atomic mass is 9.91. The largest absolute Gasteiger partial charge is 0.395 e. The van der Waals surface area contributed by atoms with Crippen molar-refractivity contribution < 1.29 is 5.11 Å². The molecule has 0 aliphatic heterocycles. The Labute approximate surface area is 122 Å². The van der Waals surface area contributed by atoms with E-state index in [1.807, 2.05) is 6.20 Å². The molecule has 0 bridgehead atoms. The van der Waals surface area contributed by atoms with Gasteiger partial charge in [0.25, 0.3) is 0 Å². The van der Waals surface area contributed by atoms with Crippen LogP contribution in [0, 0.1) is 6.92 Å². The minimum atomic E-state index is 0.189. The Morgan fingerprint density at radius 2 is 2.20 bits per heavy atom. The topological polar surface area (TPSA) is 48.4 Å². The van der Waals surface area contributed by atoms with Crippen LogP contribution in [0.1, 0.15) is 44.2 Å².